The van der Waals surface area contributed by atoms with Gasteiger partial charge >= 0.3 is 5.97 Å². The van der Waals surface area contributed by atoms with Gasteiger partial charge in [-0.3, -0.25) is 4.79 Å². The fraction of sp³-hybridized carbons (Fsp3) is 0.917. The molecule has 0 aromatic carbocycles. The van der Waals surface area contributed by atoms with Crippen molar-refractivity contribution in [3.63, 3.8) is 0 Å². The summed E-state index contributed by atoms with van der Waals surface area (Å²) in [5.74, 6) is 0.494. The lowest BCUT2D eigenvalue weighted by Gasteiger charge is -2.13. The highest BCUT2D eigenvalue weighted by atomic mass is 16.5. The zero-order valence-electron chi connectivity index (χ0n) is 9.92. The first-order valence-corrected chi connectivity index (χ1v) is 6.13. The van der Waals surface area contributed by atoms with Gasteiger partial charge in [0.05, 0.1) is 12.5 Å². The average Bonchev–Trinajstić information content (AvgIpc) is 2.64. The Bertz CT molecular complexity index is 194. The van der Waals surface area contributed by atoms with Crippen molar-refractivity contribution >= 4 is 5.97 Å². The fourth-order valence-corrected chi connectivity index (χ4v) is 1.93. The van der Waals surface area contributed by atoms with Gasteiger partial charge in [-0.15, -0.1) is 0 Å². The maximum atomic E-state index is 11.6. The van der Waals surface area contributed by atoms with Crippen LogP contribution in [0.25, 0.3) is 0 Å². The van der Waals surface area contributed by atoms with Crippen molar-refractivity contribution in [3.8, 4) is 0 Å². The van der Waals surface area contributed by atoms with Crippen molar-refractivity contribution in [1.82, 2.24) is 5.32 Å². The summed E-state index contributed by atoms with van der Waals surface area (Å²) in [5, 5.41) is 3.21. The first-order valence-electron chi connectivity index (χ1n) is 6.13. The third kappa shape index (κ3) is 4.20. The van der Waals surface area contributed by atoms with Crippen LogP contribution < -0.4 is 5.32 Å². The molecule has 1 heterocycles. The highest BCUT2D eigenvalue weighted by Crippen LogP contribution is 2.17. The Morgan fingerprint density at radius 3 is 2.73 bits per heavy atom. The number of hydrogen-bond acceptors (Lipinski definition) is 3. The normalized spacial score (nSPS) is 25.5. The molecule has 2 atom stereocenters. The number of rotatable bonds is 6. The second-order valence-electron chi connectivity index (χ2n) is 4.47. The Kier molecular flexibility index (Phi) is 5.69. The minimum Gasteiger partial charge on any atom is -0.465 e. The van der Waals surface area contributed by atoms with Gasteiger partial charge in [0.15, 0.2) is 0 Å². The zero-order chi connectivity index (χ0) is 11.1. The van der Waals surface area contributed by atoms with Gasteiger partial charge in [0, 0.05) is 6.54 Å². The number of carbonyl (C=O) groups is 1. The summed E-state index contributed by atoms with van der Waals surface area (Å²) in [6, 6.07) is 0. The van der Waals surface area contributed by atoms with E-state index in [2.05, 4.69) is 19.2 Å². The second kappa shape index (κ2) is 6.83. The Balaban J connectivity index is 2.08. The molecule has 15 heavy (non-hydrogen) atoms. The van der Waals surface area contributed by atoms with Crippen LogP contribution in [0.4, 0.5) is 0 Å². The molecule has 0 spiro atoms. The highest BCUT2D eigenvalue weighted by Gasteiger charge is 2.30. The van der Waals surface area contributed by atoms with Crippen LogP contribution in [0.15, 0.2) is 0 Å². The zero-order valence-corrected chi connectivity index (χ0v) is 9.92. The SMILES string of the molecule is CCCCCCOC(=O)[C@@H]1CNC[C@H]1C. The van der Waals surface area contributed by atoms with Gasteiger partial charge in [0.1, 0.15) is 0 Å². The van der Waals surface area contributed by atoms with Gasteiger partial charge in [-0.2, -0.15) is 0 Å². The molecule has 0 bridgehead atoms. The van der Waals surface area contributed by atoms with Crippen molar-refractivity contribution in [2.24, 2.45) is 11.8 Å². The molecule has 0 saturated carbocycles. The van der Waals surface area contributed by atoms with Crippen molar-refractivity contribution < 1.29 is 9.53 Å². The largest absolute Gasteiger partial charge is 0.465 e. The average molecular weight is 213 g/mol. The lowest BCUT2D eigenvalue weighted by atomic mass is 9.99. The smallest absolute Gasteiger partial charge is 0.310 e. The van der Waals surface area contributed by atoms with E-state index in [0.29, 0.717) is 12.5 Å². The molecule has 0 aromatic rings. The number of nitrogens with one attached hydrogen (secondary N) is 1. The van der Waals surface area contributed by atoms with Crippen molar-refractivity contribution in [1.29, 1.82) is 0 Å². The van der Waals surface area contributed by atoms with Crippen LogP contribution >= 0.6 is 0 Å². The number of hydrogen-bond donors (Lipinski definition) is 1. The predicted octanol–water partition coefficient (Wildman–Crippen LogP) is 1.97. The van der Waals surface area contributed by atoms with E-state index in [1.165, 1.54) is 19.3 Å². The van der Waals surface area contributed by atoms with E-state index in [1.807, 2.05) is 0 Å². The minimum absolute atomic E-state index is 0.0102. The van der Waals surface area contributed by atoms with Crippen LogP contribution in [0.2, 0.25) is 0 Å². The molecule has 3 heteroatoms. The minimum atomic E-state index is -0.0102. The molecule has 1 aliphatic heterocycles. The molecule has 88 valence electrons. The van der Waals surface area contributed by atoms with Crippen LogP contribution in [0.3, 0.4) is 0 Å². The summed E-state index contributed by atoms with van der Waals surface area (Å²) in [5.41, 5.74) is 0. The molecular weight excluding hydrogens is 190 g/mol. The molecule has 0 aromatic heterocycles. The Labute approximate surface area is 92.6 Å². The summed E-state index contributed by atoms with van der Waals surface area (Å²) in [4.78, 5) is 11.6. The highest BCUT2D eigenvalue weighted by molar-refractivity contribution is 5.73. The van der Waals surface area contributed by atoms with E-state index in [-0.39, 0.29) is 11.9 Å². The number of carbonyl (C=O) groups excluding carboxylic acids is 1. The van der Waals surface area contributed by atoms with Gasteiger partial charge in [-0.05, 0) is 18.9 Å². The number of ether oxygens (including phenoxy) is 1. The lowest BCUT2D eigenvalue weighted by Crippen LogP contribution is -2.24. The fourth-order valence-electron chi connectivity index (χ4n) is 1.93. The number of esters is 1. The van der Waals surface area contributed by atoms with E-state index in [9.17, 15) is 4.79 Å². The topological polar surface area (TPSA) is 38.3 Å². The van der Waals surface area contributed by atoms with Crippen molar-refractivity contribution in [3.05, 3.63) is 0 Å². The molecule has 1 fully saturated rings. The summed E-state index contributed by atoms with van der Waals surface area (Å²) in [6.45, 7) is 6.60. The van der Waals surface area contributed by atoms with Gasteiger partial charge in [-0.25, -0.2) is 0 Å². The monoisotopic (exact) mass is 213 g/mol. The van der Waals surface area contributed by atoms with E-state index >= 15 is 0 Å². The van der Waals surface area contributed by atoms with E-state index in [4.69, 9.17) is 4.74 Å². The first-order chi connectivity index (χ1) is 7.25. The molecule has 1 rings (SSSR count). The van der Waals surface area contributed by atoms with E-state index in [1.54, 1.807) is 0 Å². The van der Waals surface area contributed by atoms with Crippen LogP contribution in [-0.2, 0) is 9.53 Å². The van der Waals surface area contributed by atoms with Gasteiger partial charge in [0.25, 0.3) is 0 Å². The second-order valence-corrected chi connectivity index (χ2v) is 4.47. The quantitative estimate of drug-likeness (QED) is 0.541. The lowest BCUT2D eigenvalue weighted by molar-refractivity contribution is -0.149. The van der Waals surface area contributed by atoms with Crippen LogP contribution in [-0.4, -0.2) is 25.7 Å². The maximum absolute atomic E-state index is 11.6. The Morgan fingerprint density at radius 1 is 1.33 bits per heavy atom. The van der Waals surface area contributed by atoms with Crippen LogP contribution in [0.1, 0.15) is 39.5 Å². The predicted molar refractivity (Wildman–Crippen MR) is 60.6 cm³/mol. The van der Waals surface area contributed by atoms with Crippen LogP contribution in [0.5, 0.6) is 0 Å². The molecule has 0 amide bonds. The van der Waals surface area contributed by atoms with Crippen molar-refractivity contribution in [2.45, 2.75) is 39.5 Å². The summed E-state index contributed by atoms with van der Waals surface area (Å²) < 4.78 is 5.26. The van der Waals surface area contributed by atoms with Crippen LogP contribution in [0, 0.1) is 11.8 Å². The molecule has 1 aliphatic rings. The Morgan fingerprint density at radius 2 is 2.13 bits per heavy atom. The molecular formula is C12H23NO2. The first kappa shape index (κ1) is 12.5. The summed E-state index contributed by atoms with van der Waals surface area (Å²) in [7, 11) is 0. The summed E-state index contributed by atoms with van der Waals surface area (Å²) in [6.07, 6.45) is 4.63. The van der Waals surface area contributed by atoms with Gasteiger partial charge < -0.3 is 10.1 Å². The van der Waals surface area contributed by atoms with Gasteiger partial charge in [0.2, 0.25) is 0 Å². The number of unbranched alkanes of at least 4 members (excludes halogenated alkanes) is 3. The Hall–Kier alpha value is -0.570. The van der Waals surface area contributed by atoms with E-state index in [0.717, 1.165) is 19.5 Å². The molecule has 1 saturated heterocycles. The van der Waals surface area contributed by atoms with E-state index < -0.39 is 0 Å². The van der Waals surface area contributed by atoms with Gasteiger partial charge in [-0.1, -0.05) is 33.1 Å². The molecule has 0 unspecified atom stereocenters. The standard InChI is InChI=1S/C12H23NO2/c1-3-4-5-6-7-15-12(14)11-9-13-8-10(11)2/h10-11,13H,3-9H2,1-2H3/t10-,11-/m1/s1. The molecule has 1 N–H and O–H groups in total. The maximum Gasteiger partial charge on any atom is 0.310 e. The molecule has 3 nitrogen and oxygen atoms in total. The van der Waals surface area contributed by atoms with Crippen molar-refractivity contribution in [2.75, 3.05) is 19.7 Å². The molecule has 0 aliphatic carbocycles. The third-order valence-electron chi connectivity index (χ3n) is 3.06. The third-order valence-corrected chi connectivity index (χ3v) is 3.06. The summed E-state index contributed by atoms with van der Waals surface area (Å²) >= 11 is 0. The molecule has 0 radical (unpaired) electrons.